The Bertz CT molecular complexity index is 888. The van der Waals surface area contributed by atoms with E-state index in [1.165, 1.54) is 11.9 Å². The molecule has 1 saturated heterocycles. The van der Waals surface area contributed by atoms with Gasteiger partial charge in [-0.15, -0.1) is 0 Å². The van der Waals surface area contributed by atoms with Crippen molar-refractivity contribution in [1.82, 2.24) is 19.4 Å². The van der Waals surface area contributed by atoms with Crippen molar-refractivity contribution in [3.8, 4) is 0 Å². The monoisotopic (exact) mass is 376 g/mol. The SMILES string of the molecule is O=C(Cn1cccc1)Nc1cc(N2CCN(Cc3ccccc3)CC2)ncn1. The van der Waals surface area contributed by atoms with E-state index < -0.39 is 0 Å². The summed E-state index contributed by atoms with van der Waals surface area (Å²) in [5.74, 6) is 1.29. The molecule has 1 fully saturated rings. The summed E-state index contributed by atoms with van der Waals surface area (Å²) in [7, 11) is 0. The van der Waals surface area contributed by atoms with Gasteiger partial charge in [-0.05, 0) is 17.7 Å². The zero-order valence-electron chi connectivity index (χ0n) is 15.7. The molecule has 0 bridgehead atoms. The maximum absolute atomic E-state index is 12.2. The molecule has 4 rings (SSSR count). The van der Waals surface area contributed by atoms with Gasteiger partial charge in [0.1, 0.15) is 24.5 Å². The number of rotatable bonds is 6. The lowest BCUT2D eigenvalue weighted by Gasteiger charge is -2.35. The lowest BCUT2D eigenvalue weighted by molar-refractivity contribution is -0.116. The minimum Gasteiger partial charge on any atom is -0.354 e. The van der Waals surface area contributed by atoms with E-state index in [1.807, 2.05) is 41.2 Å². The summed E-state index contributed by atoms with van der Waals surface area (Å²) in [6.07, 6.45) is 5.23. The average Bonchev–Trinajstić information content (AvgIpc) is 3.22. The maximum Gasteiger partial charge on any atom is 0.245 e. The van der Waals surface area contributed by atoms with E-state index >= 15 is 0 Å². The van der Waals surface area contributed by atoms with E-state index in [-0.39, 0.29) is 12.5 Å². The summed E-state index contributed by atoms with van der Waals surface area (Å²) in [6.45, 7) is 5.01. The van der Waals surface area contributed by atoms with Gasteiger partial charge >= 0.3 is 0 Å². The second-order valence-corrected chi connectivity index (χ2v) is 6.91. The molecule has 0 saturated carbocycles. The van der Waals surface area contributed by atoms with Crippen molar-refractivity contribution in [2.75, 3.05) is 36.4 Å². The molecule has 0 spiro atoms. The summed E-state index contributed by atoms with van der Waals surface area (Å²) < 4.78 is 1.82. The summed E-state index contributed by atoms with van der Waals surface area (Å²) >= 11 is 0. The molecular formula is C21H24N6O. The largest absolute Gasteiger partial charge is 0.354 e. The third-order valence-electron chi connectivity index (χ3n) is 4.86. The number of hydrogen-bond donors (Lipinski definition) is 1. The molecule has 0 aliphatic carbocycles. The predicted molar refractivity (Wildman–Crippen MR) is 109 cm³/mol. The molecule has 7 nitrogen and oxygen atoms in total. The molecule has 144 valence electrons. The number of carbonyl (C=O) groups excluding carboxylic acids is 1. The van der Waals surface area contributed by atoms with Gasteiger partial charge < -0.3 is 14.8 Å². The van der Waals surface area contributed by atoms with Crippen molar-refractivity contribution in [1.29, 1.82) is 0 Å². The Kier molecular flexibility index (Phi) is 5.63. The van der Waals surface area contributed by atoms with Crippen molar-refractivity contribution in [3.05, 3.63) is 72.8 Å². The van der Waals surface area contributed by atoms with Gasteiger partial charge in [-0.25, -0.2) is 9.97 Å². The Morgan fingerprint density at radius 2 is 1.71 bits per heavy atom. The van der Waals surface area contributed by atoms with Gasteiger partial charge in [0.2, 0.25) is 5.91 Å². The minimum absolute atomic E-state index is 0.103. The van der Waals surface area contributed by atoms with Gasteiger partial charge in [-0.3, -0.25) is 9.69 Å². The van der Waals surface area contributed by atoms with Gasteiger partial charge in [0.05, 0.1) is 0 Å². The first kappa shape index (κ1) is 18.2. The smallest absolute Gasteiger partial charge is 0.245 e. The van der Waals surface area contributed by atoms with Crippen LogP contribution >= 0.6 is 0 Å². The van der Waals surface area contributed by atoms with Crippen molar-refractivity contribution in [3.63, 3.8) is 0 Å². The van der Waals surface area contributed by atoms with Crippen LogP contribution in [0.15, 0.2) is 67.3 Å². The van der Waals surface area contributed by atoms with Crippen molar-refractivity contribution in [2.45, 2.75) is 13.1 Å². The van der Waals surface area contributed by atoms with Crippen LogP contribution in [0.4, 0.5) is 11.6 Å². The number of piperazine rings is 1. The lowest BCUT2D eigenvalue weighted by atomic mass is 10.2. The standard InChI is InChI=1S/C21H24N6O/c28-21(16-25-8-4-5-9-25)24-19-14-20(23-17-22-19)27-12-10-26(11-13-27)15-18-6-2-1-3-7-18/h1-9,14,17H,10-13,15-16H2,(H,22,23,24,28). The predicted octanol–water partition coefficient (Wildman–Crippen LogP) is 2.24. The Labute approximate surface area is 164 Å². The molecule has 3 aromatic rings. The molecular weight excluding hydrogens is 352 g/mol. The van der Waals surface area contributed by atoms with Crippen LogP contribution in [0.25, 0.3) is 0 Å². The molecule has 1 amide bonds. The van der Waals surface area contributed by atoms with Crippen LogP contribution in [0.3, 0.4) is 0 Å². The number of benzene rings is 1. The fourth-order valence-electron chi connectivity index (χ4n) is 3.39. The van der Waals surface area contributed by atoms with E-state index in [1.54, 1.807) is 0 Å². The van der Waals surface area contributed by atoms with E-state index in [0.29, 0.717) is 5.82 Å². The second kappa shape index (κ2) is 8.67. The van der Waals surface area contributed by atoms with E-state index in [2.05, 4.69) is 49.4 Å². The van der Waals surface area contributed by atoms with Crippen LogP contribution in [-0.4, -0.2) is 51.5 Å². The highest BCUT2D eigenvalue weighted by Gasteiger charge is 2.18. The summed E-state index contributed by atoms with van der Waals surface area (Å²) in [5.41, 5.74) is 1.34. The highest BCUT2D eigenvalue weighted by Crippen LogP contribution is 2.17. The highest BCUT2D eigenvalue weighted by atomic mass is 16.2. The number of aromatic nitrogens is 3. The quantitative estimate of drug-likeness (QED) is 0.715. The van der Waals surface area contributed by atoms with Crippen LogP contribution in [0, 0.1) is 0 Å². The molecule has 7 heteroatoms. The second-order valence-electron chi connectivity index (χ2n) is 6.91. The van der Waals surface area contributed by atoms with E-state index in [4.69, 9.17) is 0 Å². The first-order valence-electron chi connectivity index (χ1n) is 9.50. The zero-order chi connectivity index (χ0) is 19.2. The minimum atomic E-state index is -0.103. The van der Waals surface area contributed by atoms with Gasteiger partial charge in [0, 0.05) is 51.2 Å². The molecule has 1 aromatic carbocycles. The molecule has 1 N–H and O–H groups in total. The van der Waals surface area contributed by atoms with Crippen LogP contribution in [-0.2, 0) is 17.9 Å². The molecule has 0 radical (unpaired) electrons. The zero-order valence-corrected chi connectivity index (χ0v) is 15.7. The summed E-state index contributed by atoms with van der Waals surface area (Å²) in [4.78, 5) is 25.4. The van der Waals surface area contributed by atoms with E-state index in [9.17, 15) is 4.79 Å². The molecule has 3 heterocycles. The van der Waals surface area contributed by atoms with Gasteiger partial charge in [0.15, 0.2) is 0 Å². The molecule has 2 aromatic heterocycles. The average molecular weight is 376 g/mol. The number of hydrogen-bond acceptors (Lipinski definition) is 5. The molecule has 28 heavy (non-hydrogen) atoms. The van der Waals surface area contributed by atoms with Gasteiger partial charge in [0.25, 0.3) is 0 Å². The topological polar surface area (TPSA) is 66.3 Å². The van der Waals surface area contributed by atoms with E-state index in [0.717, 1.165) is 38.5 Å². The number of anilines is 2. The number of nitrogens with one attached hydrogen (secondary N) is 1. The Morgan fingerprint density at radius 3 is 2.46 bits per heavy atom. The van der Waals surface area contributed by atoms with Crippen LogP contribution in [0.2, 0.25) is 0 Å². The summed E-state index contributed by atoms with van der Waals surface area (Å²) in [6, 6.07) is 16.2. The van der Waals surface area contributed by atoms with Gasteiger partial charge in [-0.2, -0.15) is 0 Å². The molecule has 0 atom stereocenters. The molecule has 1 aliphatic heterocycles. The summed E-state index contributed by atoms with van der Waals surface area (Å²) in [5, 5.41) is 2.85. The van der Waals surface area contributed by atoms with Crippen LogP contribution in [0.5, 0.6) is 0 Å². The maximum atomic E-state index is 12.2. The fraction of sp³-hybridized carbons (Fsp3) is 0.286. The molecule has 0 unspecified atom stereocenters. The third-order valence-corrected chi connectivity index (χ3v) is 4.86. The van der Waals surface area contributed by atoms with Crippen molar-refractivity contribution in [2.24, 2.45) is 0 Å². The fourth-order valence-corrected chi connectivity index (χ4v) is 3.39. The first-order valence-corrected chi connectivity index (χ1v) is 9.50. The first-order chi connectivity index (χ1) is 13.8. The lowest BCUT2D eigenvalue weighted by Crippen LogP contribution is -2.46. The third kappa shape index (κ3) is 4.75. The number of nitrogens with zero attached hydrogens (tertiary/aromatic N) is 5. The van der Waals surface area contributed by atoms with Crippen molar-refractivity contribution >= 4 is 17.5 Å². The number of amides is 1. The Balaban J connectivity index is 1.31. The molecule has 1 aliphatic rings. The Hall–Kier alpha value is -3.19. The number of carbonyl (C=O) groups is 1. The van der Waals surface area contributed by atoms with Gasteiger partial charge in [-0.1, -0.05) is 30.3 Å². The Morgan fingerprint density at radius 1 is 0.964 bits per heavy atom. The van der Waals surface area contributed by atoms with Crippen LogP contribution < -0.4 is 10.2 Å². The van der Waals surface area contributed by atoms with Crippen molar-refractivity contribution < 1.29 is 4.79 Å². The van der Waals surface area contributed by atoms with Crippen LogP contribution in [0.1, 0.15) is 5.56 Å². The normalized spacial score (nSPS) is 14.8. The highest BCUT2D eigenvalue weighted by molar-refractivity contribution is 5.89.